The molecule has 0 radical (unpaired) electrons. The molecule has 1 aromatic heterocycles. The number of ether oxygens (including phenoxy) is 4. The second-order valence-electron chi connectivity index (χ2n) is 13.3. The van der Waals surface area contributed by atoms with Crippen molar-refractivity contribution in [3.63, 3.8) is 0 Å². The van der Waals surface area contributed by atoms with E-state index >= 15 is 0 Å². The van der Waals surface area contributed by atoms with Crippen molar-refractivity contribution < 1.29 is 33.3 Å². The molecule has 2 bridgehead atoms. The zero-order valence-corrected chi connectivity index (χ0v) is 27.7. The first-order valence-corrected chi connectivity index (χ1v) is 16.2. The monoisotopic (exact) mass is 661 g/mol. The van der Waals surface area contributed by atoms with Crippen LogP contribution in [0.25, 0.3) is 0 Å². The molecule has 5 atom stereocenters. The van der Waals surface area contributed by atoms with E-state index in [1.807, 2.05) is 46.8 Å². The Morgan fingerprint density at radius 2 is 1.29 bits per heavy atom. The van der Waals surface area contributed by atoms with Gasteiger partial charge in [-0.1, -0.05) is 53.1 Å². The number of nitrogens with zero attached hydrogens (tertiary/aromatic N) is 5. The smallest absolute Gasteiger partial charge is 0.266 e. The van der Waals surface area contributed by atoms with Crippen LogP contribution in [0.15, 0.2) is 79.1 Å². The lowest BCUT2D eigenvalue weighted by Crippen LogP contribution is -2.55. The first kappa shape index (κ1) is 31.3. The van der Waals surface area contributed by atoms with Crippen LogP contribution in [0.1, 0.15) is 61.6 Å². The molecule has 12 heteroatoms. The molecule has 4 aliphatic rings. The molecule has 0 aliphatic carbocycles. The maximum atomic E-state index is 14.6. The molecule has 0 spiro atoms. The lowest BCUT2D eigenvalue weighted by molar-refractivity contribution is -0.186. The predicted octanol–water partition coefficient (Wildman–Crippen LogP) is 4.91. The third-order valence-corrected chi connectivity index (χ3v) is 9.27. The predicted molar refractivity (Wildman–Crippen MR) is 178 cm³/mol. The lowest BCUT2D eigenvalue weighted by atomic mass is 10.1. The number of hydrogen-bond acceptors (Lipinski definition) is 10. The van der Waals surface area contributed by atoms with E-state index in [0.717, 1.165) is 21.6 Å². The number of imide groups is 1. The highest BCUT2D eigenvalue weighted by molar-refractivity contribution is 6.27. The van der Waals surface area contributed by atoms with Crippen molar-refractivity contribution >= 4 is 35.0 Å². The van der Waals surface area contributed by atoms with Crippen LogP contribution >= 0.6 is 0 Å². The van der Waals surface area contributed by atoms with Crippen molar-refractivity contribution in [2.24, 2.45) is 0 Å². The first-order chi connectivity index (χ1) is 23.5. The third kappa shape index (κ3) is 5.19. The summed E-state index contributed by atoms with van der Waals surface area (Å²) >= 11 is 0. The standard InChI is InChI=1S/C37H35N5O7/c1-20-6-12-23(13-7-20)32(43)40-27-30(41(33(44)24-14-8-21(2)9-15-24)34(45)25-16-10-22(3)11-17-25)38-19-39-31(27)42-35-29-28(48-37(4,5)49-29)26(47-35)18-46-36(40)42/h6-17,19,26,28-29,35-36H,18H2,1-5H3/t26-,28-,29-,35-,36+/m1/s1. The maximum Gasteiger partial charge on any atom is 0.266 e. The van der Waals surface area contributed by atoms with Gasteiger partial charge in [-0.15, -0.1) is 0 Å². The molecule has 12 nitrogen and oxygen atoms in total. The number of benzene rings is 3. The Morgan fingerprint density at radius 3 is 1.86 bits per heavy atom. The Hall–Kier alpha value is -5.01. The van der Waals surface area contributed by atoms with Gasteiger partial charge in [-0.05, 0) is 71.0 Å². The SMILES string of the molecule is Cc1ccc(C(=O)N(C(=O)c2ccc(C)cc2)c2ncnc3c2N(C(=O)c2ccc(C)cc2)[C@@H]2OC[C@H]4O[C@H]([C@@H]5OC(C)(C)O[C@@H]54)N32)cc1. The second kappa shape index (κ2) is 11.6. The van der Waals surface area contributed by atoms with Crippen LogP contribution < -0.4 is 14.7 Å². The highest BCUT2D eigenvalue weighted by Gasteiger charge is 2.63. The molecule has 0 unspecified atom stereocenters. The third-order valence-electron chi connectivity index (χ3n) is 9.27. The molecule has 49 heavy (non-hydrogen) atoms. The number of aryl methyl sites for hydroxylation is 3. The minimum atomic E-state index is -1.06. The summed E-state index contributed by atoms with van der Waals surface area (Å²) in [5, 5.41) is 0. The minimum absolute atomic E-state index is 0.0756. The van der Waals surface area contributed by atoms with Crippen LogP contribution in [0, 0.1) is 20.8 Å². The zero-order chi connectivity index (χ0) is 34.2. The van der Waals surface area contributed by atoms with Crippen LogP contribution in [0.3, 0.4) is 0 Å². The molecular formula is C37H35N5O7. The van der Waals surface area contributed by atoms with Gasteiger partial charge < -0.3 is 18.9 Å². The molecule has 3 saturated heterocycles. The van der Waals surface area contributed by atoms with Crippen molar-refractivity contribution in [3.05, 3.63) is 113 Å². The molecule has 3 fully saturated rings. The van der Waals surface area contributed by atoms with E-state index in [1.165, 1.54) is 11.2 Å². The number of aromatic nitrogens is 2. The minimum Gasteiger partial charge on any atom is -0.347 e. The normalized spacial score (nSPS) is 24.6. The molecule has 3 aromatic carbocycles. The van der Waals surface area contributed by atoms with E-state index in [0.29, 0.717) is 5.56 Å². The summed E-state index contributed by atoms with van der Waals surface area (Å²) in [6.45, 7) is 9.52. The topological polar surface area (TPSA) is 124 Å². The van der Waals surface area contributed by atoms with Crippen LogP contribution in [0.5, 0.6) is 0 Å². The number of rotatable bonds is 4. The van der Waals surface area contributed by atoms with Crippen LogP contribution in [0.2, 0.25) is 0 Å². The van der Waals surface area contributed by atoms with Crippen molar-refractivity contribution in [1.82, 2.24) is 9.97 Å². The Kier molecular flexibility index (Phi) is 7.37. The summed E-state index contributed by atoms with van der Waals surface area (Å²) in [6.07, 6.45) is -1.98. The van der Waals surface area contributed by atoms with Gasteiger partial charge in [-0.3, -0.25) is 24.2 Å². The quantitative estimate of drug-likeness (QED) is 0.279. The van der Waals surface area contributed by atoms with Gasteiger partial charge in [0.15, 0.2) is 23.7 Å². The zero-order valence-electron chi connectivity index (χ0n) is 27.7. The Labute approximate surface area is 283 Å². The molecule has 0 saturated carbocycles. The molecule has 250 valence electrons. The van der Waals surface area contributed by atoms with Crippen molar-refractivity contribution in [3.8, 4) is 0 Å². The van der Waals surface area contributed by atoms with E-state index in [9.17, 15) is 14.4 Å². The molecule has 0 N–H and O–H groups in total. The summed E-state index contributed by atoms with van der Waals surface area (Å²) in [5.74, 6) is -2.38. The average molecular weight is 662 g/mol. The van der Waals surface area contributed by atoms with E-state index in [1.54, 1.807) is 65.6 Å². The van der Waals surface area contributed by atoms with Crippen molar-refractivity contribution in [2.75, 3.05) is 21.3 Å². The van der Waals surface area contributed by atoms with Gasteiger partial charge in [-0.25, -0.2) is 14.9 Å². The van der Waals surface area contributed by atoms with Crippen molar-refractivity contribution in [1.29, 1.82) is 0 Å². The van der Waals surface area contributed by atoms with Crippen LogP contribution in [-0.4, -0.2) is 71.0 Å². The van der Waals surface area contributed by atoms with Gasteiger partial charge in [0, 0.05) is 16.7 Å². The summed E-state index contributed by atoms with van der Waals surface area (Å²) in [7, 11) is 0. The van der Waals surface area contributed by atoms with E-state index in [-0.39, 0.29) is 35.1 Å². The summed E-state index contributed by atoms with van der Waals surface area (Å²) < 4.78 is 25.5. The molecular weight excluding hydrogens is 626 g/mol. The van der Waals surface area contributed by atoms with E-state index < -0.39 is 54.4 Å². The van der Waals surface area contributed by atoms with Crippen molar-refractivity contribution in [2.45, 2.75) is 71.3 Å². The summed E-state index contributed by atoms with van der Waals surface area (Å²) in [5.41, 5.74) is 3.90. The number of amides is 3. The number of carbonyl (C=O) groups is 3. The molecule has 4 aromatic rings. The highest BCUT2D eigenvalue weighted by atomic mass is 16.8. The number of fused-ring (bicyclic) bond motifs is 9. The molecule has 5 heterocycles. The van der Waals surface area contributed by atoms with Gasteiger partial charge in [0.25, 0.3) is 17.7 Å². The molecule has 8 rings (SSSR count). The fourth-order valence-electron chi connectivity index (χ4n) is 6.84. The van der Waals surface area contributed by atoms with Crippen LogP contribution in [-0.2, 0) is 18.9 Å². The Balaban J connectivity index is 1.32. The Bertz CT molecular complexity index is 1910. The highest BCUT2D eigenvalue weighted by Crippen LogP contribution is 2.51. The molecule has 3 amide bonds. The lowest BCUT2D eigenvalue weighted by Gasteiger charge is -2.34. The van der Waals surface area contributed by atoms with Crippen LogP contribution in [0.4, 0.5) is 17.3 Å². The van der Waals surface area contributed by atoms with Gasteiger partial charge in [0.05, 0.1) is 6.61 Å². The van der Waals surface area contributed by atoms with Gasteiger partial charge in [-0.2, -0.15) is 0 Å². The largest absolute Gasteiger partial charge is 0.347 e. The number of carbonyl (C=O) groups excluding carboxylic acids is 3. The first-order valence-electron chi connectivity index (χ1n) is 16.2. The fourth-order valence-corrected chi connectivity index (χ4v) is 6.84. The number of hydrogen-bond donors (Lipinski definition) is 0. The second-order valence-corrected chi connectivity index (χ2v) is 13.3. The maximum absolute atomic E-state index is 14.6. The Morgan fingerprint density at radius 1 is 0.755 bits per heavy atom. The van der Waals surface area contributed by atoms with Gasteiger partial charge in [0.1, 0.15) is 30.3 Å². The van der Waals surface area contributed by atoms with Gasteiger partial charge >= 0.3 is 0 Å². The summed E-state index contributed by atoms with van der Waals surface area (Å²) in [4.78, 5) is 56.9. The van der Waals surface area contributed by atoms with Gasteiger partial charge in [0.2, 0.25) is 6.35 Å². The summed E-state index contributed by atoms with van der Waals surface area (Å²) in [6, 6.07) is 21.0. The van der Waals surface area contributed by atoms with E-state index in [2.05, 4.69) is 9.97 Å². The average Bonchev–Trinajstić information content (AvgIpc) is 3.64. The fraction of sp³-hybridized carbons (Fsp3) is 0.324. The van der Waals surface area contributed by atoms with E-state index in [4.69, 9.17) is 18.9 Å². The molecule has 4 aliphatic heterocycles. The number of anilines is 3.